The predicted molar refractivity (Wildman–Crippen MR) is 98.7 cm³/mol. The van der Waals surface area contributed by atoms with Crippen LogP contribution in [0.1, 0.15) is 5.56 Å². The summed E-state index contributed by atoms with van der Waals surface area (Å²) in [5.74, 6) is -0.946. The van der Waals surface area contributed by atoms with Gasteiger partial charge in [0.2, 0.25) is 5.91 Å². The molecular formula is C20H19FN2O4. The van der Waals surface area contributed by atoms with Gasteiger partial charge in [0.05, 0.1) is 12.3 Å². The van der Waals surface area contributed by atoms with Crippen LogP contribution in [0.4, 0.5) is 10.1 Å². The Morgan fingerprint density at radius 3 is 2.74 bits per heavy atom. The van der Waals surface area contributed by atoms with Gasteiger partial charge in [-0.15, -0.1) is 0 Å². The van der Waals surface area contributed by atoms with Gasteiger partial charge in [-0.3, -0.25) is 14.5 Å². The molecule has 0 aromatic heterocycles. The summed E-state index contributed by atoms with van der Waals surface area (Å²) in [6, 6.07) is 13.0. The van der Waals surface area contributed by atoms with E-state index >= 15 is 0 Å². The number of para-hydroxylation sites is 2. The van der Waals surface area contributed by atoms with E-state index in [1.165, 1.54) is 24.2 Å². The summed E-state index contributed by atoms with van der Waals surface area (Å²) >= 11 is 0. The zero-order chi connectivity index (χ0) is 19.2. The third kappa shape index (κ3) is 4.32. The number of halogens is 1. The molecule has 0 atom stereocenters. The second-order valence-electron chi connectivity index (χ2n) is 5.83. The average molecular weight is 370 g/mol. The number of methoxy groups -OCH3 is 1. The number of fused-ring (bicyclic) bond motifs is 1. The Bertz CT molecular complexity index is 882. The summed E-state index contributed by atoms with van der Waals surface area (Å²) in [6.07, 6.45) is 1.34. The van der Waals surface area contributed by atoms with E-state index in [9.17, 15) is 14.0 Å². The van der Waals surface area contributed by atoms with Crippen LogP contribution in [0.5, 0.6) is 5.75 Å². The van der Waals surface area contributed by atoms with E-state index in [1.54, 1.807) is 42.5 Å². The van der Waals surface area contributed by atoms with Crippen molar-refractivity contribution in [3.63, 3.8) is 0 Å². The molecule has 3 rings (SSSR count). The van der Waals surface area contributed by atoms with Crippen LogP contribution in [0.3, 0.4) is 0 Å². The maximum Gasteiger partial charge on any atom is 0.294 e. The van der Waals surface area contributed by atoms with E-state index in [2.05, 4.69) is 5.32 Å². The highest BCUT2D eigenvalue weighted by molar-refractivity contribution is 6.12. The van der Waals surface area contributed by atoms with Crippen LogP contribution in [0, 0.1) is 5.82 Å². The second kappa shape index (κ2) is 8.46. The Hall–Kier alpha value is -3.19. The Labute approximate surface area is 156 Å². The summed E-state index contributed by atoms with van der Waals surface area (Å²) in [5.41, 5.74) is 0.708. The lowest BCUT2D eigenvalue weighted by molar-refractivity contribution is -0.123. The molecule has 0 unspecified atom stereocenters. The third-order valence-electron chi connectivity index (χ3n) is 3.95. The summed E-state index contributed by atoms with van der Waals surface area (Å²) in [7, 11) is 1.54. The number of rotatable bonds is 6. The first-order valence-corrected chi connectivity index (χ1v) is 8.41. The van der Waals surface area contributed by atoms with Crippen LogP contribution in [0.25, 0.3) is 6.08 Å². The minimum Gasteiger partial charge on any atom is -0.449 e. The van der Waals surface area contributed by atoms with Gasteiger partial charge in [0, 0.05) is 19.2 Å². The molecule has 2 aromatic carbocycles. The lowest BCUT2D eigenvalue weighted by atomic mass is 10.1. The van der Waals surface area contributed by atoms with Gasteiger partial charge in [-0.2, -0.15) is 0 Å². The number of nitrogens with zero attached hydrogens (tertiary/aromatic N) is 1. The molecule has 0 bridgehead atoms. The SMILES string of the molecule is COCCNC(=O)CN1C(=O)C(=Cc2ccccc2F)Oc2ccccc21. The maximum absolute atomic E-state index is 13.9. The summed E-state index contributed by atoms with van der Waals surface area (Å²) in [5, 5.41) is 2.68. The van der Waals surface area contributed by atoms with Crippen molar-refractivity contribution in [1.82, 2.24) is 5.32 Å². The van der Waals surface area contributed by atoms with Crippen molar-refractivity contribution in [3.8, 4) is 5.75 Å². The van der Waals surface area contributed by atoms with E-state index in [0.29, 0.717) is 24.6 Å². The number of carbonyl (C=O) groups excluding carboxylic acids is 2. The number of anilines is 1. The standard InChI is InChI=1S/C20H19FN2O4/c1-26-11-10-22-19(24)13-23-16-8-4-5-9-17(16)27-18(20(23)25)12-14-6-2-3-7-15(14)21/h2-9,12H,10-11,13H2,1H3,(H,22,24). The quantitative estimate of drug-likeness (QED) is 0.626. The fourth-order valence-electron chi connectivity index (χ4n) is 2.64. The monoisotopic (exact) mass is 370 g/mol. The van der Waals surface area contributed by atoms with Crippen molar-refractivity contribution >= 4 is 23.6 Å². The second-order valence-corrected chi connectivity index (χ2v) is 5.83. The third-order valence-corrected chi connectivity index (χ3v) is 3.95. The topological polar surface area (TPSA) is 67.9 Å². The number of hydrogen-bond acceptors (Lipinski definition) is 4. The Morgan fingerprint density at radius 2 is 1.96 bits per heavy atom. The number of ether oxygens (including phenoxy) is 2. The molecule has 7 heteroatoms. The first-order chi connectivity index (χ1) is 13.1. The zero-order valence-corrected chi connectivity index (χ0v) is 14.8. The van der Waals surface area contributed by atoms with Crippen molar-refractivity contribution in [2.45, 2.75) is 0 Å². The number of amides is 2. The number of nitrogens with one attached hydrogen (secondary N) is 1. The molecule has 0 spiro atoms. The number of hydrogen-bond donors (Lipinski definition) is 1. The van der Waals surface area contributed by atoms with Crippen LogP contribution in [-0.4, -0.2) is 38.6 Å². The van der Waals surface area contributed by atoms with E-state index in [1.807, 2.05) is 0 Å². The van der Waals surface area contributed by atoms with E-state index in [-0.39, 0.29) is 23.8 Å². The molecule has 1 N–H and O–H groups in total. The summed E-state index contributed by atoms with van der Waals surface area (Å²) in [6.45, 7) is 0.531. The van der Waals surface area contributed by atoms with Gasteiger partial charge in [-0.1, -0.05) is 30.3 Å². The molecule has 1 aliphatic heterocycles. The van der Waals surface area contributed by atoms with Crippen molar-refractivity contribution < 1.29 is 23.5 Å². The average Bonchev–Trinajstić information content (AvgIpc) is 2.67. The van der Waals surface area contributed by atoms with Gasteiger partial charge in [-0.05, 0) is 24.3 Å². The largest absolute Gasteiger partial charge is 0.449 e. The normalized spacial score (nSPS) is 14.7. The molecule has 1 heterocycles. The van der Waals surface area contributed by atoms with Gasteiger partial charge in [-0.25, -0.2) is 4.39 Å². The molecule has 1 aliphatic rings. The molecule has 0 fully saturated rings. The predicted octanol–water partition coefficient (Wildman–Crippen LogP) is 2.35. The van der Waals surface area contributed by atoms with Crippen LogP contribution < -0.4 is 15.0 Å². The van der Waals surface area contributed by atoms with E-state index < -0.39 is 11.7 Å². The lowest BCUT2D eigenvalue weighted by Crippen LogP contribution is -2.44. The fraction of sp³-hybridized carbons (Fsp3) is 0.200. The van der Waals surface area contributed by atoms with E-state index in [4.69, 9.17) is 9.47 Å². The van der Waals surface area contributed by atoms with Gasteiger partial charge in [0.1, 0.15) is 12.4 Å². The number of carbonyl (C=O) groups is 2. The van der Waals surface area contributed by atoms with Crippen LogP contribution >= 0.6 is 0 Å². The Morgan fingerprint density at radius 1 is 1.22 bits per heavy atom. The minimum absolute atomic E-state index is 0.0523. The summed E-state index contributed by atoms with van der Waals surface area (Å²) in [4.78, 5) is 26.4. The molecule has 6 nitrogen and oxygen atoms in total. The Kier molecular flexibility index (Phi) is 5.83. The minimum atomic E-state index is -0.515. The zero-order valence-electron chi connectivity index (χ0n) is 14.8. The van der Waals surface area contributed by atoms with Crippen LogP contribution in [0.15, 0.2) is 54.3 Å². The van der Waals surface area contributed by atoms with Crippen molar-refractivity contribution in [2.24, 2.45) is 0 Å². The molecule has 0 radical (unpaired) electrons. The van der Waals surface area contributed by atoms with Crippen LogP contribution in [-0.2, 0) is 14.3 Å². The Balaban J connectivity index is 1.89. The highest BCUT2D eigenvalue weighted by atomic mass is 19.1. The van der Waals surface area contributed by atoms with E-state index in [0.717, 1.165) is 0 Å². The smallest absolute Gasteiger partial charge is 0.294 e. The molecule has 27 heavy (non-hydrogen) atoms. The highest BCUT2D eigenvalue weighted by Crippen LogP contribution is 2.35. The van der Waals surface area contributed by atoms with Gasteiger partial charge >= 0.3 is 0 Å². The molecule has 0 saturated carbocycles. The molecule has 0 saturated heterocycles. The van der Waals surface area contributed by atoms with Gasteiger partial charge < -0.3 is 14.8 Å². The van der Waals surface area contributed by atoms with Gasteiger partial charge in [0.15, 0.2) is 11.5 Å². The van der Waals surface area contributed by atoms with Crippen molar-refractivity contribution in [1.29, 1.82) is 0 Å². The first-order valence-electron chi connectivity index (χ1n) is 8.41. The molecule has 2 aromatic rings. The van der Waals surface area contributed by atoms with Crippen LogP contribution in [0.2, 0.25) is 0 Å². The fourth-order valence-corrected chi connectivity index (χ4v) is 2.64. The lowest BCUT2D eigenvalue weighted by Gasteiger charge is -2.30. The molecule has 0 aliphatic carbocycles. The van der Waals surface area contributed by atoms with Crippen molar-refractivity contribution in [3.05, 3.63) is 65.7 Å². The maximum atomic E-state index is 13.9. The van der Waals surface area contributed by atoms with Gasteiger partial charge in [0.25, 0.3) is 5.91 Å². The molecule has 140 valence electrons. The molecule has 2 amide bonds. The molecular weight excluding hydrogens is 351 g/mol. The summed E-state index contributed by atoms with van der Waals surface area (Å²) < 4.78 is 24.5. The highest BCUT2D eigenvalue weighted by Gasteiger charge is 2.31. The number of benzene rings is 2. The first kappa shape index (κ1) is 18.6. The van der Waals surface area contributed by atoms with Crippen molar-refractivity contribution in [2.75, 3.05) is 31.7 Å².